The van der Waals surface area contributed by atoms with Crippen LogP contribution < -0.4 is 10.1 Å². The van der Waals surface area contributed by atoms with E-state index in [2.05, 4.69) is 27.9 Å². The minimum absolute atomic E-state index is 0.0264. The molecule has 0 aliphatic heterocycles. The second kappa shape index (κ2) is 5.82. The van der Waals surface area contributed by atoms with Gasteiger partial charge in [-0.15, -0.1) is 0 Å². The lowest BCUT2D eigenvalue weighted by molar-refractivity contribution is -0.105. The zero-order valence-corrected chi connectivity index (χ0v) is 9.52. The maximum Gasteiger partial charge on any atom is 0.211 e. The SMILES string of the molecule is O=CNc1ccc(I)c(OCCO)c1. The van der Waals surface area contributed by atoms with Crippen molar-refractivity contribution < 1.29 is 14.6 Å². The van der Waals surface area contributed by atoms with Gasteiger partial charge in [-0.2, -0.15) is 0 Å². The van der Waals surface area contributed by atoms with E-state index in [1.807, 2.05) is 6.07 Å². The number of rotatable bonds is 5. The number of aliphatic hydroxyl groups excluding tert-OH is 1. The van der Waals surface area contributed by atoms with Crippen LogP contribution in [0.3, 0.4) is 0 Å². The molecule has 76 valence electrons. The van der Waals surface area contributed by atoms with E-state index in [1.165, 1.54) is 0 Å². The summed E-state index contributed by atoms with van der Waals surface area (Å²) in [6, 6.07) is 5.33. The van der Waals surface area contributed by atoms with Gasteiger partial charge in [0.15, 0.2) is 0 Å². The Morgan fingerprint density at radius 1 is 1.57 bits per heavy atom. The van der Waals surface area contributed by atoms with Crippen molar-refractivity contribution in [1.82, 2.24) is 0 Å². The predicted octanol–water partition coefficient (Wildman–Crippen LogP) is 1.23. The third kappa shape index (κ3) is 3.15. The molecule has 0 fully saturated rings. The first-order valence-corrected chi connectivity index (χ1v) is 5.09. The molecule has 1 rings (SSSR count). The third-order valence-corrected chi connectivity index (χ3v) is 2.40. The lowest BCUT2D eigenvalue weighted by Gasteiger charge is -2.08. The normalized spacial score (nSPS) is 9.57. The highest BCUT2D eigenvalue weighted by Crippen LogP contribution is 2.24. The predicted molar refractivity (Wildman–Crippen MR) is 61.4 cm³/mol. The summed E-state index contributed by atoms with van der Waals surface area (Å²) in [4.78, 5) is 10.2. The summed E-state index contributed by atoms with van der Waals surface area (Å²) in [6.07, 6.45) is 0.609. The monoisotopic (exact) mass is 307 g/mol. The highest BCUT2D eigenvalue weighted by atomic mass is 127. The summed E-state index contributed by atoms with van der Waals surface area (Å²) in [5, 5.41) is 11.1. The minimum Gasteiger partial charge on any atom is -0.490 e. The number of halogens is 1. The Hall–Kier alpha value is -0.820. The highest BCUT2D eigenvalue weighted by molar-refractivity contribution is 14.1. The lowest BCUT2D eigenvalue weighted by atomic mass is 10.3. The highest BCUT2D eigenvalue weighted by Gasteiger charge is 2.01. The fourth-order valence-electron chi connectivity index (χ4n) is 0.927. The van der Waals surface area contributed by atoms with Gasteiger partial charge in [0, 0.05) is 11.8 Å². The molecule has 0 aliphatic carbocycles. The molecule has 1 aromatic rings. The van der Waals surface area contributed by atoms with Crippen molar-refractivity contribution in [3.8, 4) is 5.75 Å². The van der Waals surface area contributed by atoms with Crippen molar-refractivity contribution >= 4 is 34.7 Å². The van der Waals surface area contributed by atoms with Gasteiger partial charge >= 0.3 is 0 Å². The fourth-order valence-corrected chi connectivity index (χ4v) is 1.42. The van der Waals surface area contributed by atoms with E-state index in [-0.39, 0.29) is 13.2 Å². The first-order valence-electron chi connectivity index (χ1n) is 4.01. The Labute approximate surface area is 95.4 Å². The average molecular weight is 307 g/mol. The summed E-state index contributed by atoms with van der Waals surface area (Å²) in [7, 11) is 0. The zero-order chi connectivity index (χ0) is 10.4. The molecule has 1 amide bonds. The standard InChI is InChI=1S/C9H10INO3/c10-8-2-1-7(11-6-13)5-9(8)14-4-3-12/h1-2,5-6,12H,3-4H2,(H,11,13). The van der Waals surface area contributed by atoms with Crippen LogP contribution in [0, 0.1) is 3.57 Å². The molecule has 0 unspecified atom stereocenters. The number of carbonyl (C=O) groups is 1. The van der Waals surface area contributed by atoms with Crippen molar-refractivity contribution in [2.45, 2.75) is 0 Å². The zero-order valence-electron chi connectivity index (χ0n) is 7.37. The quantitative estimate of drug-likeness (QED) is 0.635. The molecular weight excluding hydrogens is 297 g/mol. The second-order valence-electron chi connectivity index (χ2n) is 2.48. The first-order chi connectivity index (χ1) is 6.77. The van der Waals surface area contributed by atoms with Crippen molar-refractivity contribution in [2.24, 2.45) is 0 Å². The number of ether oxygens (including phenoxy) is 1. The van der Waals surface area contributed by atoms with Gasteiger partial charge < -0.3 is 15.2 Å². The van der Waals surface area contributed by atoms with Crippen LogP contribution in [0.15, 0.2) is 18.2 Å². The van der Waals surface area contributed by atoms with Crippen LogP contribution >= 0.6 is 22.6 Å². The van der Waals surface area contributed by atoms with E-state index >= 15 is 0 Å². The molecule has 1 aromatic carbocycles. The molecule has 0 saturated heterocycles. The summed E-state index contributed by atoms with van der Waals surface area (Å²) in [5.74, 6) is 0.659. The molecule has 5 heteroatoms. The van der Waals surface area contributed by atoms with Gasteiger partial charge in [0.2, 0.25) is 6.41 Å². The number of hydrogen-bond donors (Lipinski definition) is 2. The van der Waals surface area contributed by atoms with Crippen molar-refractivity contribution in [3.63, 3.8) is 0 Å². The van der Waals surface area contributed by atoms with Crippen LogP contribution in [0.5, 0.6) is 5.75 Å². The summed E-state index contributed by atoms with van der Waals surface area (Å²) in [5.41, 5.74) is 0.674. The Morgan fingerprint density at radius 3 is 3.00 bits per heavy atom. The number of nitrogens with one attached hydrogen (secondary N) is 1. The number of amides is 1. The molecule has 0 bridgehead atoms. The van der Waals surface area contributed by atoms with E-state index in [1.54, 1.807) is 12.1 Å². The van der Waals surface area contributed by atoms with Crippen LogP contribution in [0.4, 0.5) is 5.69 Å². The lowest BCUT2D eigenvalue weighted by Crippen LogP contribution is -2.03. The third-order valence-electron chi connectivity index (χ3n) is 1.51. The Balaban J connectivity index is 2.78. The van der Waals surface area contributed by atoms with Gasteiger partial charge in [-0.05, 0) is 34.7 Å². The van der Waals surface area contributed by atoms with Crippen LogP contribution in [-0.2, 0) is 4.79 Å². The Bertz CT molecular complexity index is 317. The van der Waals surface area contributed by atoms with Crippen molar-refractivity contribution in [3.05, 3.63) is 21.8 Å². The van der Waals surface area contributed by atoms with Gasteiger partial charge in [0.1, 0.15) is 12.4 Å². The average Bonchev–Trinajstić information content (AvgIpc) is 2.19. The topological polar surface area (TPSA) is 58.6 Å². The molecule has 0 aliphatic rings. The van der Waals surface area contributed by atoms with Gasteiger partial charge in [-0.1, -0.05) is 0 Å². The molecule has 0 atom stereocenters. The minimum atomic E-state index is -0.0264. The largest absolute Gasteiger partial charge is 0.490 e. The van der Waals surface area contributed by atoms with E-state index in [0.717, 1.165) is 3.57 Å². The first kappa shape index (κ1) is 11.3. The molecule has 14 heavy (non-hydrogen) atoms. The van der Waals surface area contributed by atoms with Crippen molar-refractivity contribution in [1.29, 1.82) is 0 Å². The van der Waals surface area contributed by atoms with E-state index in [4.69, 9.17) is 9.84 Å². The summed E-state index contributed by atoms with van der Waals surface area (Å²) in [6.45, 7) is 0.224. The van der Waals surface area contributed by atoms with Gasteiger partial charge in [0.25, 0.3) is 0 Å². The van der Waals surface area contributed by atoms with E-state index in [0.29, 0.717) is 17.8 Å². The molecule has 0 heterocycles. The molecule has 0 spiro atoms. The van der Waals surface area contributed by atoms with Crippen LogP contribution in [0.2, 0.25) is 0 Å². The number of benzene rings is 1. The number of aliphatic hydroxyl groups is 1. The Kier molecular flexibility index (Phi) is 4.68. The smallest absolute Gasteiger partial charge is 0.211 e. The summed E-state index contributed by atoms with van der Waals surface area (Å²) >= 11 is 2.12. The maximum atomic E-state index is 10.2. The van der Waals surface area contributed by atoms with E-state index < -0.39 is 0 Å². The molecule has 2 N–H and O–H groups in total. The van der Waals surface area contributed by atoms with E-state index in [9.17, 15) is 4.79 Å². The molecular formula is C9H10INO3. The van der Waals surface area contributed by atoms with Crippen LogP contribution in [-0.4, -0.2) is 24.7 Å². The summed E-state index contributed by atoms with van der Waals surface area (Å²) < 4.78 is 6.20. The maximum absolute atomic E-state index is 10.2. The fraction of sp³-hybridized carbons (Fsp3) is 0.222. The Morgan fingerprint density at radius 2 is 2.36 bits per heavy atom. The van der Waals surface area contributed by atoms with Crippen LogP contribution in [0.25, 0.3) is 0 Å². The second-order valence-corrected chi connectivity index (χ2v) is 3.64. The molecule has 4 nitrogen and oxygen atoms in total. The van der Waals surface area contributed by atoms with Gasteiger partial charge in [-0.25, -0.2) is 0 Å². The molecule has 0 aromatic heterocycles. The number of anilines is 1. The van der Waals surface area contributed by atoms with Crippen molar-refractivity contribution in [2.75, 3.05) is 18.5 Å². The van der Waals surface area contributed by atoms with Gasteiger partial charge in [-0.3, -0.25) is 4.79 Å². The number of carbonyl (C=O) groups excluding carboxylic acids is 1. The molecule has 0 radical (unpaired) electrons. The number of hydrogen-bond acceptors (Lipinski definition) is 3. The molecule has 0 saturated carbocycles. The van der Waals surface area contributed by atoms with Crippen LogP contribution in [0.1, 0.15) is 0 Å². The van der Waals surface area contributed by atoms with Gasteiger partial charge in [0.05, 0.1) is 10.2 Å².